The number of pyridine rings is 1. The molecule has 1 rings (SSSR count). The van der Waals surface area contributed by atoms with E-state index < -0.39 is 17.8 Å². The smallest absolute Gasteiger partial charge is 0.402 e. The molecule has 0 atom stereocenters. The summed E-state index contributed by atoms with van der Waals surface area (Å²) < 4.78 is 39.8. The highest BCUT2D eigenvalue weighted by Gasteiger charge is 2.33. The van der Waals surface area contributed by atoms with Crippen LogP contribution in [0.15, 0.2) is 12.3 Å². The normalized spacial score (nSPS) is 10.3. The molecule has 0 saturated heterocycles. The molecular weight excluding hydrogens is 223 g/mol. The third kappa shape index (κ3) is 2.85. The van der Waals surface area contributed by atoms with Crippen molar-refractivity contribution in [3.63, 3.8) is 0 Å². The third-order valence-electron chi connectivity index (χ3n) is 1.58. The largest absolute Gasteiger partial charge is 0.573 e. The average Bonchev–Trinajstić information content (AvgIpc) is 2.19. The van der Waals surface area contributed by atoms with Gasteiger partial charge in [-0.15, -0.1) is 13.2 Å². The van der Waals surface area contributed by atoms with Crippen LogP contribution in [0.1, 0.15) is 11.3 Å². The van der Waals surface area contributed by atoms with Gasteiger partial charge >= 0.3 is 6.36 Å². The Bertz CT molecular complexity index is 470. The molecule has 82 valence electrons. The summed E-state index contributed by atoms with van der Waals surface area (Å²) in [6, 6.07) is 4.35. The molecule has 1 aromatic heterocycles. The number of nitrogens with zero attached hydrogens (tertiary/aromatic N) is 3. The van der Waals surface area contributed by atoms with E-state index >= 15 is 0 Å². The molecule has 0 aliphatic rings. The second-order valence-electron chi connectivity index (χ2n) is 2.64. The summed E-state index contributed by atoms with van der Waals surface area (Å²) in [5, 5.41) is 17.0. The molecule has 0 aliphatic carbocycles. The maximum atomic E-state index is 12.0. The first-order chi connectivity index (χ1) is 7.48. The van der Waals surface area contributed by atoms with Gasteiger partial charge < -0.3 is 4.74 Å². The zero-order valence-electron chi connectivity index (χ0n) is 7.75. The van der Waals surface area contributed by atoms with Gasteiger partial charge in [0.2, 0.25) is 0 Å². The van der Waals surface area contributed by atoms with Crippen LogP contribution in [0, 0.1) is 22.7 Å². The maximum Gasteiger partial charge on any atom is 0.573 e. The quantitative estimate of drug-likeness (QED) is 0.773. The predicted octanol–water partition coefficient (Wildman–Crippen LogP) is 1.92. The average molecular weight is 227 g/mol. The Morgan fingerprint density at radius 3 is 2.56 bits per heavy atom. The van der Waals surface area contributed by atoms with Crippen molar-refractivity contribution < 1.29 is 17.9 Å². The molecule has 0 radical (unpaired) electrons. The molecule has 0 bridgehead atoms. The van der Waals surface area contributed by atoms with Crippen molar-refractivity contribution >= 4 is 0 Å². The maximum absolute atomic E-state index is 12.0. The van der Waals surface area contributed by atoms with Crippen LogP contribution >= 0.6 is 0 Å². The van der Waals surface area contributed by atoms with Gasteiger partial charge in [0.15, 0.2) is 11.4 Å². The number of alkyl halides is 3. The molecule has 0 unspecified atom stereocenters. The zero-order valence-corrected chi connectivity index (χ0v) is 7.75. The van der Waals surface area contributed by atoms with Gasteiger partial charge in [-0.05, 0) is 6.07 Å². The van der Waals surface area contributed by atoms with E-state index in [-0.39, 0.29) is 12.0 Å². The fraction of sp³-hybridized carbons (Fsp3) is 0.222. The van der Waals surface area contributed by atoms with E-state index in [0.29, 0.717) is 0 Å². The summed E-state index contributed by atoms with van der Waals surface area (Å²) >= 11 is 0. The first-order valence-corrected chi connectivity index (χ1v) is 3.98. The Morgan fingerprint density at radius 1 is 1.38 bits per heavy atom. The number of hydrogen-bond acceptors (Lipinski definition) is 4. The number of nitriles is 2. The Kier molecular flexibility index (Phi) is 3.31. The lowest BCUT2D eigenvalue weighted by atomic mass is 10.1. The van der Waals surface area contributed by atoms with E-state index in [1.54, 1.807) is 6.07 Å². The van der Waals surface area contributed by atoms with Crippen molar-refractivity contribution in [2.75, 3.05) is 0 Å². The minimum Gasteiger partial charge on any atom is -0.402 e. The van der Waals surface area contributed by atoms with E-state index in [2.05, 4.69) is 9.72 Å². The van der Waals surface area contributed by atoms with Gasteiger partial charge in [-0.3, -0.25) is 0 Å². The molecule has 0 aliphatic heterocycles. The third-order valence-corrected chi connectivity index (χ3v) is 1.58. The first-order valence-electron chi connectivity index (χ1n) is 3.98. The Labute approximate surface area is 88.5 Å². The number of rotatable bonds is 2. The highest BCUT2D eigenvalue weighted by atomic mass is 19.4. The summed E-state index contributed by atoms with van der Waals surface area (Å²) in [5.74, 6) is -0.709. The lowest BCUT2D eigenvalue weighted by molar-refractivity contribution is -0.275. The van der Waals surface area contributed by atoms with Crippen molar-refractivity contribution in [2.24, 2.45) is 0 Å². The van der Waals surface area contributed by atoms with Gasteiger partial charge in [0.05, 0.1) is 12.5 Å². The van der Waals surface area contributed by atoms with E-state index in [9.17, 15) is 13.2 Å². The summed E-state index contributed by atoms with van der Waals surface area (Å²) in [6.45, 7) is 0. The van der Waals surface area contributed by atoms with Gasteiger partial charge in [0, 0.05) is 11.8 Å². The second kappa shape index (κ2) is 4.49. The van der Waals surface area contributed by atoms with E-state index in [4.69, 9.17) is 10.5 Å². The van der Waals surface area contributed by atoms with E-state index in [1.807, 2.05) is 0 Å². The number of hydrogen-bond donors (Lipinski definition) is 0. The number of aromatic nitrogens is 1. The Balaban J connectivity index is 3.22. The predicted molar refractivity (Wildman–Crippen MR) is 45.0 cm³/mol. The molecule has 4 nitrogen and oxygen atoms in total. The van der Waals surface area contributed by atoms with Crippen LogP contribution in [0.4, 0.5) is 13.2 Å². The van der Waals surface area contributed by atoms with Crippen molar-refractivity contribution in [3.05, 3.63) is 23.5 Å². The molecule has 1 aromatic rings. The number of halogens is 3. The molecule has 0 aromatic carbocycles. The molecule has 0 fully saturated rings. The van der Waals surface area contributed by atoms with Crippen LogP contribution in [0.2, 0.25) is 0 Å². The van der Waals surface area contributed by atoms with Crippen molar-refractivity contribution in [3.8, 4) is 17.9 Å². The van der Waals surface area contributed by atoms with Crippen LogP contribution in [-0.4, -0.2) is 11.3 Å². The van der Waals surface area contributed by atoms with Crippen LogP contribution < -0.4 is 4.74 Å². The second-order valence-corrected chi connectivity index (χ2v) is 2.64. The van der Waals surface area contributed by atoms with Gasteiger partial charge in [-0.1, -0.05) is 0 Å². The van der Waals surface area contributed by atoms with Gasteiger partial charge in [-0.2, -0.15) is 10.5 Å². The van der Waals surface area contributed by atoms with Crippen molar-refractivity contribution in [2.45, 2.75) is 12.8 Å². The van der Waals surface area contributed by atoms with Crippen molar-refractivity contribution in [1.29, 1.82) is 10.5 Å². The van der Waals surface area contributed by atoms with Gasteiger partial charge in [0.1, 0.15) is 6.07 Å². The molecule has 1 heterocycles. The fourth-order valence-corrected chi connectivity index (χ4v) is 1.02. The summed E-state index contributed by atoms with van der Waals surface area (Å²) in [5.41, 5.74) is -0.517. The highest BCUT2D eigenvalue weighted by Crippen LogP contribution is 2.28. The SMILES string of the molecule is N#CCc1ccnc(C#N)c1OC(F)(F)F. The van der Waals surface area contributed by atoms with Crippen LogP contribution in [0.5, 0.6) is 5.75 Å². The molecule has 16 heavy (non-hydrogen) atoms. The lowest BCUT2D eigenvalue weighted by Gasteiger charge is -2.12. The topological polar surface area (TPSA) is 69.7 Å². The summed E-state index contributed by atoms with van der Waals surface area (Å²) in [6.07, 6.45) is -4.06. The van der Waals surface area contributed by atoms with Crippen LogP contribution in [-0.2, 0) is 6.42 Å². The standard InChI is InChI=1S/C9H4F3N3O/c10-9(11,12)16-8-6(1-3-13)2-4-15-7(8)5-14/h2,4H,1H2. The van der Waals surface area contributed by atoms with Gasteiger partial charge in [-0.25, -0.2) is 4.98 Å². The first kappa shape index (κ1) is 11.8. The Hall–Kier alpha value is -2.28. The summed E-state index contributed by atoms with van der Waals surface area (Å²) in [7, 11) is 0. The molecule has 0 saturated carbocycles. The van der Waals surface area contributed by atoms with Crippen LogP contribution in [0.25, 0.3) is 0 Å². The van der Waals surface area contributed by atoms with Crippen molar-refractivity contribution in [1.82, 2.24) is 4.98 Å². The minimum atomic E-state index is -4.92. The number of ether oxygens (including phenoxy) is 1. The molecule has 0 spiro atoms. The lowest BCUT2D eigenvalue weighted by Crippen LogP contribution is -2.19. The molecule has 0 N–H and O–H groups in total. The summed E-state index contributed by atoms with van der Waals surface area (Å²) in [4.78, 5) is 3.43. The van der Waals surface area contributed by atoms with E-state index in [0.717, 1.165) is 6.20 Å². The highest BCUT2D eigenvalue weighted by molar-refractivity contribution is 5.44. The molecule has 7 heteroatoms. The van der Waals surface area contributed by atoms with E-state index in [1.165, 1.54) is 12.1 Å². The molecule has 0 amide bonds. The molecular formula is C9H4F3N3O. The van der Waals surface area contributed by atoms with Gasteiger partial charge in [0.25, 0.3) is 0 Å². The Morgan fingerprint density at radius 2 is 2.06 bits per heavy atom. The monoisotopic (exact) mass is 227 g/mol. The minimum absolute atomic E-state index is 0.0219. The fourth-order valence-electron chi connectivity index (χ4n) is 1.02. The zero-order chi connectivity index (χ0) is 12.2. The van der Waals surface area contributed by atoms with Crippen LogP contribution in [0.3, 0.4) is 0 Å².